The number of benzene rings is 1. The third kappa shape index (κ3) is 6.52. The first-order chi connectivity index (χ1) is 8.92. The molecular formula is C16H22ClNO. The number of rotatable bonds is 5. The second-order valence-electron chi connectivity index (χ2n) is 5.39. The van der Waals surface area contributed by atoms with E-state index in [2.05, 4.69) is 37.9 Å². The van der Waals surface area contributed by atoms with Crippen LogP contribution in [0.15, 0.2) is 18.2 Å². The summed E-state index contributed by atoms with van der Waals surface area (Å²) in [6.45, 7) is 9.61. The van der Waals surface area contributed by atoms with Gasteiger partial charge in [0.25, 0.3) is 0 Å². The lowest BCUT2D eigenvalue weighted by Gasteiger charge is -2.20. The topological polar surface area (TPSA) is 21.3 Å². The molecule has 0 saturated heterocycles. The molecule has 0 atom stereocenters. The highest BCUT2D eigenvalue weighted by atomic mass is 35.5. The highest BCUT2D eigenvalue weighted by molar-refractivity contribution is 6.32. The van der Waals surface area contributed by atoms with E-state index in [9.17, 15) is 0 Å². The molecule has 104 valence electrons. The van der Waals surface area contributed by atoms with E-state index in [0.717, 1.165) is 24.3 Å². The van der Waals surface area contributed by atoms with E-state index in [0.29, 0.717) is 11.6 Å². The number of hydrogen-bond donors (Lipinski definition) is 1. The highest BCUT2D eigenvalue weighted by Gasteiger charge is 2.09. The van der Waals surface area contributed by atoms with Gasteiger partial charge in [-0.1, -0.05) is 17.7 Å². The van der Waals surface area contributed by atoms with Crippen LogP contribution >= 0.6 is 11.6 Å². The maximum atomic E-state index is 6.20. The number of hydrogen-bond acceptors (Lipinski definition) is 2. The molecule has 0 radical (unpaired) electrons. The van der Waals surface area contributed by atoms with Crippen molar-refractivity contribution in [1.29, 1.82) is 0 Å². The molecule has 1 aromatic carbocycles. The van der Waals surface area contributed by atoms with Gasteiger partial charge in [-0.05, 0) is 45.4 Å². The van der Waals surface area contributed by atoms with Crippen LogP contribution in [0.4, 0.5) is 0 Å². The van der Waals surface area contributed by atoms with Crippen molar-refractivity contribution in [2.45, 2.75) is 46.2 Å². The molecule has 3 heteroatoms. The maximum absolute atomic E-state index is 6.20. The quantitative estimate of drug-likeness (QED) is 0.649. The first-order valence-electron chi connectivity index (χ1n) is 6.48. The summed E-state index contributed by atoms with van der Waals surface area (Å²) in [5.41, 5.74) is 1.25. The minimum Gasteiger partial charge on any atom is -0.491 e. The average Bonchev–Trinajstić information content (AvgIpc) is 2.33. The van der Waals surface area contributed by atoms with Crippen molar-refractivity contribution in [1.82, 2.24) is 5.32 Å². The number of nitrogens with one attached hydrogen (secondary N) is 1. The normalized spacial score (nSPS) is 10.8. The zero-order valence-electron chi connectivity index (χ0n) is 12.1. The molecule has 19 heavy (non-hydrogen) atoms. The van der Waals surface area contributed by atoms with Crippen LogP contribution in [0.5, 0.6) is 5.75 Å². The van der Waals surface area contributed by atoms with Crippen molar-refractivity contribution >= 4 is 11.6 Å². The summed E-state index contributed by atoms with van der Waals surface area (Å²) in [4.78, 5) is 0. The lowest BCUT2D eigenvalue weighted by molar-refractivity contribution is 0.327. The van der Waals surface area contributed by atoms with Gasteiger partial charge in [-0.3, -0.25) is 0 Å². The Hall–Kier alpha value is -1.17. The lowest BCUT2D eigenvalue weighted by Crippen LogP contribution is -2.35. The van der Waals surface area contributed by atoms with E-state index in [1.807, 2.05) is 25.1 Å². The van der Waals surface area contributed by atoms with E-state index in [1.54, 1.807) is 0 Å². The van der Waals surface area contributed by atoms with E-state index < -0.39 is 0 Å². The fourth-order valence-electron chi connectivity index (χ4n) is 1.48. The van der Waals surface area contributed by atoms with Crippen molar-refractivity contribution in [2.24, 2.45) is 0 Å². The first kappa shape index (κ1) is 15.9. The molecule has 1 aromatic rings. The minimum absolute atomic E-state index is 0.0977. The van der Waals surface area contributed by atoms with Gasteiger partial charge in [0.15, 0.2) is 0 Å². The van der Waals surface area contributed by atoms with Crippen LogP contribution in [0.2, 0.25) is 5.02 Å². The second-order valence-corrected chi connectivity index (χ2v) is 5.80. The molecule has 0 heterocycles. The van der Waals surface area contributed by atoms with Crippen LogP contribution in [0.1, 0.15) is 39.7 Å². The molecule has 0 unspecified atom stereocenters. The summed E-state index contributed by atoms with van der Waals surface area (Å²) < 4.78 is 5.58. The Balaban J connectivity index is 2.55. The summed E-state index contributed by atoms with van der Waals surface area (Å²) in [5.74, 6) is 6.52. The van der Waals surface area contributed by atoms with Crippen LogP contribution in [0.3, 0.4) is 0 Å². The molecule has 0 aliphatic carbocycles. The SMILES string of the molecule is CC#CCCOc1ccc(CNC(C)(C)C)cc1Cl. The Bertz CT molecular complexity index is 466. The summed E-state index contributed by atoms with van der Waals surface area (Å²) in [7, 11) is 0. The van der Waals surface area contributed by atoms with E-state index >= 15 is 0 Å². The molecule has 1 rings (SSSR count). The monoisotopic (exact) mass is 279 g/mol. The third-order valence-corrected chi connectivity index (χ3v) is 2.78. The molecule has 0 spiro atoms. The van der Waals surface area contributed by atoms with Crippen molar-refractivity contribution in [2.75, 3.05) is 6.61 Å². The molecule has 0 aliphatic heterocycles. The van der Waals surface area contributed by atoms with Gasteiger partial charge >= 0.3 is 0 Å². The maximum Gasteiger partial charge on any atom is 0.137 e. The number of ether oxygens (including phenoxy) is 1. The Morgan fingerprint density at radius 3 is 2.63 bits per heavy atom. The van der Waals surface area contributed by atoms with Gasteiger partial charge in [0.05, 0.1) is 11.6 Å². The zero-order valence-corrected chi connectivity index (χ0v) is 12.9. The van der Waals surface area contributed by atoms with Crippen LogP contribution < -0.4 is 10.1 Å². The highest BCUT2D eigenvalue weighted by Crippen LogP contribution is 2.25. The molecule has 0 fully saturated rings. The molecule has 0 saturated carbocycles. The van der Waals surface area contributed by atoms with E-state index in [-0.39, 0.29) is 5.54 Å². The van der Waals surface area contributed by atoms with Crippen molar-refractivity contribution in [3.05, 3.63) is 28.8 Å². The summed E-state index contributed by atoms with van der Waals surface area (Å²) >= 11 is 6.20. The fraction of sp³-hybridized carbons (Fsp3) is 0.500. The first-order valence-corrected chi connectivity index (χ1v) is 6.86. The lowest BCUT2D eigenvalue weighted by atomic mass is 10.1. The zero-order chi connectivity index (χ0) is 14.3. The van der Waals surface area contributed by atoms with Crippen molar-refractivity contribution < 1.29 is 4.74 Å². The van der Waals surface area contributed by atoms with Gasteiger partial charge in [-0.2, -0.15) is 0 Å². The van der Waals surface area contributed by atoms with Gasteiger partial charge in [-0.15, -0.1) is 11.8 Å². The molecule has 2 nitrogen and oxygen atoms in total. The molecular weight excluding hydrogens is 258 g/mol. The molecule has 0 bridgehead atoms. The minimum atomic E-state index is 0.0977. The molecule has 0 amide bonds. The average molecular weight is 280 g/mol. The largest absolute Gasteiger partial charge is 0.491 e. The van der Waals surface area contributed by atoms with E-state index in [1.165, 1.54) is 0 Å². The van der Waals surface area contributed by atoms with Gasteiger partial charge in [-0.25, -0.2) is 0 Å². The summed E-state index contributed by atoms with van der Waals surface area (Å²) in [6, 6.07) is 5.90. The molecule has 0 aromatic heterocycles. The Morgan fingerprint density at radius 1 is 1.32 bits per heavy atom. The Kier molecular flexibility index (Phi) is 6.21. The fourth-order valence-corrected chi connectivity index (χ4v) is 1.73. The molecule has 1 N–H and O–H groups in total. The van der Waals surface area contributed by atoms with Gasteiger partial charge in [0, 0.05) is 18.5 Å². The smallest absolute Gasteiger partial charge is 0.137 e. The van der Waals surface area contributed by atoms with Crippen molar-refractivity contribution in [3.63, 3.8) is 0 Å². The third-order valence-electron chi connectivity index (χ3n) is 2.48. The predicted molar refractivity (Wildman–Crippen MR) is 81.6 cm³/mol. The van der Waals surface area contributed by atoms with Crippen molar-refractivity contribution in [3.8, 4) is 17.6 Å². The van der Waals surface area contributed by atoms with Gasteiger partial charge in [0.2, 0.25) is 0 Å². The Morgan fingerprint density at radius 2 is 2.05 bits per heavy atom. The predicted octanol–water partition coefficient (Wildman–Crippen LogP) is 4.02. The molecule has 0 aliphatic rings. The summed E-state index contributed by atoms with van der Waals surface area (Å²) in [5, 5.41) is 4.08. The standard InChI is InChI=1S/C16H22ClNO/c1-5-6-7-10-19-15-9-8-13(11-14(15)17)12-18-16(2,3)4/h8-9,11,18H,7,10,12H2,1-4H3. The Labute approximate surface area is 121 Å². The second kappa shape index (κ2) is 7.43. The van der Waals surface area contributed by atoms with Crippen LogP contribution in [0.25, 0.3) is 0 Å². The van der Waals surface area contributed by atoms with Crippen LogP contribution in [-0.2, 0) is 6.54 Å². The van der Waals surface area contributed by atoms with Crippen LogP contribution in [-0.4, -0.2) is 12.1 Å². The van der Waals surface area contributed by atoms with E-state index in [4.69, 9.17) is 16.3 Å². The van der Waals surface area contributed by atoms with Gasteiger partial charge < -0.3 is 10.1 Å². The van der Waals surface area contributed by atoms with Gasteiger partial charge in [0.1, 0.15) is 5.75 Å². The summed E-state index contributed by atoms with van der Waals surface area (Å²) in [6.07, 6.45) is 0.722. The number of halogens is 1. The van der Waals surface area contributed by atoms with Crippen LogP contribution in [0, 0.1) is 11.8 Å².